The normalized spacial score (nSPS) is 17.1. The van der Waals surface area contributed by atoms with E-state index < -0.39 is 0 Å². The number of hydrogen-bond donors (Lipinski definition) is 2. The van der Waals surface area contributed by atoms with Crippen LogP contribution in [0.15, 0.2) is 42.6 Å². The largest absolute Gasteiger partial charge is 0.371 e. The summed E-state index contributed by atoms with van der Waals surface area (Å²) in [6.45, 7) is 4.29. The third-order valence-electron chi connectivity index (χ3n) is 5.93. The fourth-order valence-corrected chi connectivity index (χ4v) is 4.32. The van der Waals surface area contributed by atoms with Crippen LogP contribution in [-0.4, -0.2) is 29.9 Å². The highest BCUT2D eigenvalue weighted by Gasteiger charge is 2.35. The zero-order valence-corrected chi connectivity index (χ0v) is 16.5. The molecule has 0 radical (unpaired) electrons. The van der Waals surface area contributed by atoms with Gasteiger partial charge in [0.1, 0.15) is 5.82 Å². The predicted molar refractivity (Wildman–Crippen MR) is 110 cm³/mol. The smallest absolute Gasteiger partial charge is 0.123 e. The molecule has 1 saturated heterocycles. The van der Waals surface area contributed by atoms with Crippen LogP contribution in [0.25, 0.3) is 10.9 Å². The first-order valence-electron chi connectivity index (χ1n) is 10.0. The van der Waals surface area contributed by atoms with Crippen LogP contribution in [0.2, 0.25) is 0 Å². The molecule has 6 heteroatoms. The SMILES string of the molecule is Cc1cc(C(CC#N)OCC2(c3ccc(F)cc3)CCNCC2)c2[nH]ncc2c1. The summed E-state index contributed by atoms with van der Waals surface area (Å²) in [5, 5.41) is 21.1. The second-order valence-corrected chi connectivity index (χ2v) is 7.89. The lowest BCUT2D eigenvalue weighted by Gasteiger charge is -2.39. The third kappa shape index (κ3) is 4.02. The zero-order valence-electron chi connectivity index (χ0n) is 16.5. The van der Waals surface area contributed by atoms with Gasteiger partial charge in [0.2, 0.25) is 0 Å². The van der Waals surface area contributed by atoms with Crippen LogP contribution in [0.4, 0.5) is 4.39 Å². The van der Waals surface area contributed by atoms with Crippen LogP contribution in [0, 0.1) is 24.1 Å². The first kappa shape index (κ1) is 19.6. The monoisotopic (exact) mass is 392 g/mol. The van der Waals surface area contributed by atoms with Gasteiger partial charge in [-0.15, -0.1) is 0 Å². The van der Waals surface area contributed by atoms with E-state index in [0.29, 0.717) is 6.61 Å². The Morgan fingerprint density at radius 2 is 2.00 bits per heavy atom. The highest BCUT2D eigenvalue weighted by Crippen LogP contribution is 2.37. The summed E-state index contributed by atoms with van der Waals surface area (Å²) in [4.78, 5) is 0. The topological polar surface area (TPSA) is 73.7 Å². The first-order chi connectivity index (χ1) is 14.1. The second-order valence-electron chi connectivity index (χ2n) is 7.89. The molecule has 0 spiro atoms. The number of aryl methyl sites for hydroxylation is 1. The number of fused-ring (bicyclic) bond motifs is 1. The van der Waals surface area contributed by atoms with Gasteiger partial charge in [-0.1, -0.05) is 18.2 Å². The number of halogens is 1. The summed E-state index contributed by atoms with van der Waals surface area (Å²) in [5.41, 5.74) is 3.88. The fraction of sp³-hybridized carbons (Fsp3) is 0.391. The molecule has 0 saturated carbocycles. The van der Waals surface area contributed by atoms with Crippen LogP contribution >= 0.6 is 0 Å². The number of benzene rings is 2. The van der Waals surface area contributed by atoms with Gasteiger partial charge >= 0.3 is 0 Å². The number of H-pyrrole nitrogens is 1. The van der Waals surface area contributed by atoms with Crippen molar-refractivity contribution in [2.24, 2.45) is 0 Å². The second kappa shape index (κ2) is 8.32. The van der Waals surface area contributed by atoms with E-state index in [1.54, 1.807) is 6.20 Å². The minimum absolute atomic E-state index is 0.191. The van der Waals surface area contributed by atoms with Crippen LogP contribution < -0.4 is 5.32 Å². The zero-order chi connectivity index (χ0) is 20.3. The predicted octanol–water partition coefficient (Wildman–Crippen LogP) is 4.30. The molecule has 0 bridgehead atoms. The van der Waals surface area contributed by atoms with Crippen LogP contribution in [0.3, 0.4) is 0 Å². The lowest BCUT2D eigenvalue weighted by molar-refractivity contribution is 0.00988. The molecule has 150 valence electrons. The lowest BCUT2D eigenvalue weighted by Crippen LogP contribution is -2.43. The molecule has 1 fully saturated rings. The van der Waals surface area contributed by atoms with Gasteiger partial charge in [0.05, 0.1) is 36.9 Å². The van der Waals surface area contributed by atoms with E-state index >= 15 is 0 Å². The quantitative estimate of drug-likeness (QED) is 0.656. The molecule has 29 heavy (non-hydrogen) atoms. The van der Waals surface area contributed by atoms with E-state index in [1.807, 2.05) is 19.1 Å². The van der Waals surface area contributed by atoms with E-state index in [-0.39, 0.29) is 23.8 Å². The van der Waals surface area contributed by atoms with Crippen molar-refractivity contribution in [3.8, 4) is 6.07 Å². The Balaban J connectivity index is 1.64. The minimum atomic E-state index is -0.352. The van der Waals surface area contributed by atoms with Crippen molar-refractivity contribution in [3.05, 3.63) is 65.1 Å². The van der Waals surface area contributed by atoms with E-state index in [2.05, 4.69) is 33.7 Å². The molecule has 2 N–H and O–H groups in total. The summed E-state index contributed by atoms with van der Waals surface area (Å²) in [5.74, 6) is -0.234. The Bertz CT molecular complexity index is 1020. The molecule has 1 aliphatic rings. The maximum Gasteiger partial charge on any atom is 0.123 e. The molecule has 1 aliphatic heterocycles. The fourth-order valence-electron chi connectivity index (χ4n) is 4.32. The molecule has 1 unspecified atom stereocenters. The first-order valence-corrected chi connectivity index (χ1v) is 10.0. The number of nitriles is 1. The Morgan fingerprint density at radius 1 is 1.24 bits per heavy atom. The summed E-state index contributed by atoms with van der Waals surface area (Å²) >= 11 is 0. The third-order valence-corrected chi connectivity index (χ3v) is 5.93. The van der Waals surface area contributed by atoms with Gasteiger partial charge in [-0.25, -0.2) is 4.39 Å². The molecule has 5 nitrogen and oxygen atoms in total. The molecule has 0 aliphatic carbocycles. The van der Waals surface area contributed by atoms with Gasteiger partial charge in [0.15, 0.2) is 0 Å². The number of piperidine rings is 1. The van der Waals surface area contributed by atoms with Crippen molar-refractivity contribution in [1.29, 1.82) is 5.26 Å². The number of nitrogens with one attached hydrogen (secondary N) is 2. The molecule has 2 heterocycles. The summed E-state index contributed by atoms with van der Waals surface area (Å²) in [6, 6.07) is 13.2. The van der Waals surface area contributed by atoms with Crippen molar-refractivity contribution < 1.29 is 9.13 Å². The number of hydrogen-bond acceptors (Lipinski definition) is 4. The summed E-state index contributed by atoms with van der Waals surface area (Å²) in [6.07, 6.45) is 3.52. The molecular weight excluding hydrogens is 367 g/mol. The Morgan fingerprint density at radius 3 is 2.72 bits per heavy atom. The molecule has 1 aromatic heterocycles. The standard InChI is InChI=1S/C23H25FN4O/c1-16-12-17-14-27-28-22(17)20(13-16)21(6-9-25)29-15-23(7-10-26-11-8-23)18-2-4-19(24)5-3-18/h2-5,12-14,21,26H,6-8,10-11,15H2,1H3,(H,27,28). The van der Waals surface area contributed by atoms with Crippen molar-refractivity contribution >= 4 is 10.9 Å². The van der Waals surface area contributed by atoms with Gasteiger partial charge in [0, 0.05) is 16.4 Å². The highest BCUT2D eigenvalue weighted by molar-refractivity contribution is 5.82. The Hall–Kier alpha value is -2.75. The van der Waals surface area contributed by atoms with Crippen molar-refractivity contribution in [1.82, 2.24) is 15.5 Å². The number of rotatable bonds is 6. The van der Waals surface area contributed by atoms with Gasteiger partial charge < -0.3 is 10.1 Å². The average Bonchev–Trinajstić information content (AvgIpc) is 3.20. The minimum Gasteiger partial charge on any atom is -0.371 e. The average molecular weight is 392 g/mol. The van der Waals surface area contributed by atoms with Crippen LogP contribution in [0.5, 0.6) is 0 Å². The van der Waals surface area contributed by atoms with E-state index in [4.69, 9.17) is 4.74 Å². The number of aromatic amines is 1. The Kier molecular flexibility index (Phi) is 5.61. The molecule has 4 rings (SSSR count). The summed E-state index contributed by atoms with van der Waals surface area (Å²) < 4.78 is 19.9. The number of nitrogens with zero attached hydrogens (tertiary/aromatic N) is 2. The summed E-state index contributed by atoms with van der Waals surface area (Å²) in [7, 11) is 0. The molecular formula is C23H25FN4O. The van der Waals surface area contributed by atoms with Crippen molar-refractivity contribution in [2.75, 3.05) is 19.7 Å². The van der Waals surface area contributed by atoms with E-state index in [0.717, 1.165) is 53.5 Å². The van der Waals surface area contributed by atoms with Gasteiger partial charge in [-0.2, -0.15) is 10.4 Å². The maximum atomic E-state index is 13.5. The highest BCUT2D eigenvalue weighted by atomic mass is 19.1. The molecule has 3 aromatic rings. The van der Waals surface area contributed by atoms with Crippen molar-refractivity contribution in [2.45, 2.75) is 37.7 Å². The van der Waals surface area contributed by atoms with Crippen LogP contribution in [0.1, 0.15) is 42.1 Å². The lowest BCUT2D eigenvalue weighted by atomic mass is 9.74. The van der Waals surface area contributed by atoms with E-state index in [9.17, 15) is 9.65 Å². The molecule has 1 atom stereocenters. The molecule has 0 amide bonds. The number of ether oxygens (including phenoxy) is 1. The van der Waals surface area contributed by atoms with Gasteiger partial charge in [0.25, 0.3) is 0 Å². The van der Waals surface area contributed by atoms with Gasteiger partial charge in [-0.3, -0.25) is 5.10 Å². The Labute approximate surface area is 169 Å². The maximum absolute atomic E-state index is 13.5. The van der Waals surface area contributed by atoms with Gasteiger partial charge in [-0.05, 0) is 62.2 Å². The van der Waals surface area contributed by atoms with Crippen molar-refractivity contribution in [3.63, 3.8) is 0 Å². The van der Waals surface area contributed by atoms with Crippen LogP contribution in [-0.2, 0) is 10.2 Å². The molecule has 2 aromatic carbocycles. The number of aromatic nitrogens is 2. The van der Waals surface area contributed by atoms with E-state index in [1.165, 1.54) is 12.1 Å².